The number of anilines is 1. The zero-order valence-electron chi connectivity index (χ0n) is 15.4. The number of allylic oxidation sites excluding steroid dienone is 2. The summed E-state index contributed by atoms with van der Waals surface area (Å²) in [6.45, 7) is 2.05. The molecule has 1 aliphatic heterocycles. The van der Waals surface area contributed by atoms with E-state index in [1.165, 1.54) is 5.56 Å². The highest BCUT2D eigenvalue weighted by Crippen LogP contribution is 2.41. The molecule has 138 valence electrons. The van der Waals surface area contributed by atoms with E-state index in [2.05, 4.69) is 41.8 Å². The molecule has 4 atom stereocenters. The Balaban J connectivity index is 1.73. The van der Waals surface area contributed by atoms with Crippen LogP contribution in [0.4, 0.5) is 5.69 Å². The minimum atomic E-state index is -0.340. The molecule has 1 heterocycles. The van der Waals surface area contributed by atoms with Gasteiger partial charge in [-0.05, 0) is 37.5 Å². The van der Waals surface area contributed by atoms with Crippen LogP contribution in [0.5, 0.6) is 0 Å². The van der Waals surface area contributed by atoms with E-state index in [-0.39, 0.29) is 35.6 Å². The van der Waals surface area contributed by atoms with E-state index in [1.54, 1.807) is 0 Å². The van der Waals surface area contributed by atoms with Gasteiger partial charge < -0.3 is 5.32 Å². The van der Waals surface area contributed by atoms with Gasteiger partial charge in [-0.2, -0.15) is 0 Å². The average Bonchev–Trinajstić information content (AvgIpc) is 2.69. The third-order valence-corrected chi connectivity index (χ3v) is 5.66. The molecule has 0 aromatic heterocycles. The van der Waals surface area contributed by atoms with Crippen LogP contribution >= 0.6 is 0 Å². The molecule has 0 spiro atoms. The van der Waals surface area contributed by atoms with Crippen molar-refractivity contribution in [2.24, 2.45) is 17.8 Å². The predicted octanol–water partition coefficient (Wildman–Crippen LogP) is 4.00. The van der Waals surface area contributed by atoms with Gasteiger partial charge in [-0.25, -0.2) is 0 Å². The van der Waals surface area contributed by atoms with Crippen LogP contribution in [0.2, 0.25) is 0 Å². The van der Waals surface area contributed by atoms with Crippen molar-refractivity contribution in [3.8, 4) is 0 Å². The maximum atomic E-state index is 12.9. The number of piperidine rings is 1. The van der Waals surface area contributed by atoms with Gasteiger partial charge >= 0.3 is 0 Å². The fourth-order valence-electron chi connectivity index (χ4n) is 4.25. The molecule has 4 rings (SSSR count). The summed E-state index contributed by atoms with van der Waals surface area (Å²) in [6.07, 6.45) is 5.86. The zero-order chi connectivity index (χ0) is 18.8. The number of carbonyl (C=O) groups is 2. The zero-order valence-corrected chi connectivity index (χ0v) is 15.4. The van der Waals surface area contributed by atoms with E-state index < -0.39 is 0 Å². The molecule has 0 radical (unpaired) electrons. The second-order valence-corrected chi connectivity index (χ2v) is 7.47. The first-order chi connectivity index (χ1) is 13.1. The molecular weight excluding hydrogens is 336 g/mol. The van der Waals surface area contributed by atoms with Crippen LogP contribution in [-0.4, -0.2) is 11.8 Å². The molecule has 0 bridgehead atoms. The lowest BCUT2D eigenvalue weighted by molar-refractivity contribution is -0.143. The molecule has 1 fully saturated rings. The van der Waals surface area contributed by atoms with Gasteiger partial charge in [0, 0.05) is 17.5 Å². The third-order valence-electron chi connectivity index (χ3n) is 5.66. The van der Waals surface area contributed by atoms with Gasteiger partial charge in [0.05, 0.1) is 12.0 Å². The molecule has 4 nitrogen and oxygen atoms in total. The maximum Gasteiger partial charge on any atom is 0.232 e. The largest absolute Gasteiger partial charge is 0.377 e. The lowest BCUT2D eigenvalue weighted by Gasteiger charge is -2.41. The van der Waals surface area contributed by atoms with Crippen molar-refractivity contribution in [2.75, 3.05) is 5.32 Å². The van der Waals surface area contributed by atoms with Gasteiger partial charge in [0.2, 0.25) is 11.8 Å². The van der Waals surface area contributed by atoms with Crippen molar-refractivity contribution in [1.82, 2.24) is 5.32 Å². The molecule has 0 saturated carbocycles. The Bertz CT molecular complexity index is 858. The summed E-state index contributed by atoms with van der Waals surface area (Å²) in [6, 6.07) is 18.0. The Morgan fingerprint density at radius 3 is 2.48 bits per heavy atom. The van der Waals surface area contributed by atoms with Crippen molar-refractivity contribution >= 4 is 17.5 Å². The number of nitrogens with one attached hydrogen (secondary N) is 2. The minimum Gasteiger partial charge on any atom is -0.377 e. The third kappa shape index (κ3) is 3.52. The minimum absolute atomic E-state index is 0.0804. The van der Waals surface area contributed by atoms with Gasteiger partial charge in [0.25, 0.3) is 0 Å². The summed E-state index contributed by atoms with van der Waals surface area (Å²) in [7, 11) is 0. The van der Waals surface area contributed by atoms with E-state index >= 15 is 0 Å². The van der Waals surface area contributed by atoms with Crippen molar-refractivity contribution in [3.05, 3.63) is 77.9 Å². The summed E-state index contributed by atoms with van der Waals surface area (Å²) >= 11 is 0. The fourth-order valence-corrected chi connectivity index (χ4v) is 4.25. The molecule has 4 heteroatoms. The number of carbonyl (C=O) groups excluding carboxylic acids is 2. The van der Waals surface area contributed by atoms with Crippen LogP contribution in [-0.2, 0) is 9.59 Å². The average molecular weight is 360 g/mol. The fraction of sp³-hybridized carbons (Fsp3) is 0.304. The molecular formula is C23H24N2O2. The Morgan fingerprint density at radius 1 is 1.00 bits per heavy atom. The highest BCUT2D eigenvalue weighted by molar-refractivity contribution is 6.01. The van der Waals surface area contributed by atoms with E-state index in [0.29, 0.717) is 0 Å². The van der Waals surface area contributed by atoms with Crippen LogP contribution in [0.3, 0.4) is 0 Å². The van der Waals surface area contributed by atoms with E-state index in [9.17, 15) is 9.59 Å². The molecule has 2 amide bonds. The molecule has 1 aliphatic carbocycles. The van der Waals surface area contributed by atoms with Gasteiger partial charge in [-0.15, -0.1) is 0 Å². The molecule has 27 heavy (non-hydrogen) atoms. The highest BCUT2D eigenvalue weighted by atomic mass is 16.2. The van der Waals surface area contributed by atoms with E-state index in [0.717, 1.165) is 24.1 Å². The topological polar surface area (TPSA) is 58.2 Å². The molecule has 2 N–H and O–H groups in total. The maximum absolute atomic E-state index is 12.9. The van der Waals surface area contributed by atoms with Crippen molar-refractivity contribution in [3.63, 3.8) is 0 Å². The SMILES string of the molecule is Cc1ccc(N[C@H](c2ccccc2)[C@@H]2C(=O)NC(=O)[C@@H]3CCC=C[C@H]23)cc1. The van der Waals surface area contributed by atoms with E-state index in [1.807, 2.05) is 42.5 Å². The Kier molecular flexibility index (Phi) is 4.80. The van der Waals surface area contributed by atoms with Crippen molar-refractivity contribution in [1.29, 1.82) is 0 Å². The van der Waals surface area contributed by atoms with Crippen LogP contribution < -0.4 is 10.6 Å². The van der Waals surface area contributed by atoms with Gasteiger partial charge in [0.1, 0.15) is 0 Å². The Morgan fingerprint density at radius 2 is 1.74 bits per heavy atom. The van der Waals surface area contributed by atoms with Crippen molar-refractivity contribution < 1.29 is 9.59 Å². The molecule has 2 aromatic carbocycles. The van der Waals surface area contributed by atoms with Crippen LogP contribution in [0.1, 0.15) is 30.0 Å². The summed E-state index contributed by atoms with van der Waals surface area (Å²) in [5, 5.41) is 6.19. The molecule has 2 aromatic rings. The van der Waals surface area contributed by atoms with E-state index in [4.69, 9.17) is 0 Å². The quantitative estimate of drug-likeness (QED) is 0.640. The summed E-state index contributed by atoms with van der Waals surface area (Å²) in [5.74, 6) is -0.881. The number of benzene rings is 2. The summed E-state index contributed by atoms with van der Waals surface area (Å²) in [5.41, 5.74) is 3.20. The Hall–Kier alpha value is -2.88. The molecule has 2 aliphatic rings. The first-order valence-electron chi connectivity index (χ1n) is 9.53. The first-order valence-corrected chi connectivity index (χ1v) is 9.53. The van der Waals surface area contributed by atoms with Gasteiger partial charge in [-0.3, -0.25) is 14.9 Å². The van der Waals surface area contributed by atoms with Gasteiger partial charge in [0.15, 0.2) is 0 Å². The predicted molar refractivity (Wildman–Crippen MR) is 106 cm³/mol. The number of rotatable bonds is 4. The number of amides is 2. The monoisotopic (exact) mass is 360 g/mol. The second kappa shape index (κ2) is 7.39. The molecule has 0 unspecified atom stereocenters. The summed E-state index contributed by atoms with van der Waals surface area (Å²) in [4.78, 5) is 25.3. The highest BCUT2D eigenvalue weighted by Gasteiger charge is 2.46. The van der Waals surface area contributed by atoms with Crippen LogP contribution in [0, 0.1) is 24.7 Å². The normalized spacial score (nSPS) is 25.4. The first kappa shape index (κ1) is 17.5. The van der Waals surface area contributed by atoms with Crippen molar-refractivity contribution in [2.45, 2.75) is 25.8 Å². The molecule has 1 saturated heterocycles. The smallest absolute Gasteiger partial charge is 0.232 e. The number of imide groups is 1. The van der Waals surface area contributed by atoms with Gasteiger partial charge in [-0.1, -0.05) is 60.2 Å². The number of hydrogen-bond donors (Lipinski definition) is 2. The summed E-state index contributed by atoms with van der Waals surface area (Å²) < 4.78 is 0. The number of fused-ring (bicyclic) bond motifs is 1. The van der Waals surface area contributed by atoms with Crippen LogP contribution in [0.15, 0.2) is 66.7 Å². The number of aryl methyl sites for hydroxylation is 1. The van der Waals surface area contributed by atoms with Crippen LogP contribution in [0.25, 0.3) is 0 Å². The standard InChI is InChI=1S/C23H24N2O2/c1-15-11-13-17(14-12-15)24-21(16-7-3-2-4-8-16)20-18-9-5-6-10-19(18)22(26)25-23(20)27/h2-5,7-9,11-14,18-21,24H,6,10H2,1H3,(H,25,26,27)/t18-,19+,20+,21+/m0/s1. The second-order valence-electron chi connectivity index (χ2n) is 7.47. The lowest BCUT2D eigenvalue weighted by Crippen LogP contribution is -2.54. The lowest BCUT2D eigenvalue weighted by atomic mass is 9.69. The number of hydrogen-bond acceptors (Lipinski definition) is 3. The Labute approximate surface area is 159 Å².